The van der Waals surface area contributed by atoms with Crippen LogP contribution in [0, 0.1) is 17.5 Å². The molecule has 0 fully saturated rings. The van der Waals surface area contributed by atoms with Gasteiger partial charge in [0.2, 0.25) is 0 Å². The van der Waals surface area contributed by atoms with E-state index in [1.165, 1.54) is 18.2 Å². The van der Waals surface area contributed by atoms with Crippen molar-refractivity contribution in [2.45, 2.75) is 39.2 Å². The third-order valence-corrected chi connectivity index (χ3v) is 4.86. The Morgan fingerprint density at radius 3 is 2.10 bits per heavy atom. The second-order valence-electron chi connectivity index (χ2n) is 6.99. The smallest absolute Gasteiger partial charge is 0.387 e. The molecule has 1 nitrogen and oxygen atoms in total. The molecule has 3 aromatic rings. The van der Waals surface area contributed by atoms with Crippen LogP contribution in [0.5, 0.6) is 5.75 Å². The lowest BCUT2D eigenvalue weighted by Gasteiger charge is -2.11. The lowest BCUT2D eigenvalue weighted by molar-refractivity contribution is -0.0522. The largest absolute Gasteiger partial charge is 0.432 e. The molecule has 3 aromatic carbocycles. The molecule has 0 aromatic heterocycles. The molecule has 0 bridgehead atoms. The number of ether oxygens (including phenoxy) is 1. The number of rotatable bonds is 8. The SMILES string of the molecule is CCCc1ccc(-c2ccc(CCc3ccc(OC(F)F)c(F)c3)c(F)c2F)cc1. The van der Waals surface area contributed by atoms with E-state index in [0.29, 0.717) is 11.1 Å². The summed E-state index contributed by atoms with van der Waals surface area (Å²) in [4.78, 5) is 0. The summed E-state index contributed by atoms with van der Waals surface area (Å²) in [5.74, 6) is -3.35. The molecule has 0 N–H and O–H groups in total. The number of hydrogen-bond donors (Lipinski definition) is 0. The first-order chi connectivity index (χ1) is 14.4. The molecule has 0 amide bonds. The Labute approximate surface area is 172 Å². The van der Waals surface area contributed by atoms with Gasteiger partial charge in [-0.05, 0) is 53.6 Å². The first-order valence-corrected chi connectivity index (χ1v) is 9.68. The maximum Gasteiger partial charge on any atom is 0.387 e. The first kappa shape index (κ1) is 21.8. The van der Waals surface area contributed by atoms with Crippen molar-refractivity contribution in [2.24, 2.45) is 0 Å². The van der Waals surface area contributed by atoms with Crippen LogP contribution in [0.4, 0.5) is 22.0 Å². The van der Waals surface area contributed by atoms with Crippen LogP contribution < -0.4 is 4.74 Å². The number of halogens is 5. The van der Waals surface area contributed by atoms with Gasteiger partial charge in [-0.25, -0.2) is 13.2 Å². The van der Waals surface area contributed by atoms with Crippen LogP contribution in [0.1, 0.15) is 30.0 Å². The standard InChI is InChI=1S/C24H21F5O/c1-2-3-15-4-8-17(9-5-15)19-12-11-18(22(26)23(19)27)10-6-16-7-13-21(20(25)14-16)30-24(28)29/h4-5,7-9,11-14,24H,2-3,6,10H2,1H3. The zero-order valence-corrected chi connectivity index (χ0v) is 16.4. The van der Waals surface area contributed by atoms with Crippen molar-refractivity contribution in [1.29, 1.82) is 0 Å². The van der Waals surface area contributed by atoms with Gasteiger partial charge >= 0.3 is 6.61 Å². The number of alkyl halides is 2. The van der Waals surface area contributed by atoms with E-state index in [4.69, 9.17) is 0 Å². The van der Waals surface area contributed by atoms with E-state index < -0.39 is 29.8 Å². The summed E-state index contributed by atoms with van der Waals surface area (Å²) in [6.07, 6.45) is 2.27. The minimum atomic E-state index is -3.12. The van der Waals surface area contributed by atoms with Gasteiger partial charge in [0.15, 0.2) is 23.2 Å². The van der Waals surface area contributed by atoms with Crippen molar-refractivity contribution in [3.05, 3.63) is 88.7 Å². The average molecular weight is 420 g/mol. The molecule has 0 saturated heterocycles. The van der Waals surface area contributed by atoms with Gasteiger partial charge in [0, 0.05) is 5.56 Å². The van der Waals surface area contributed by atoms with Gasteiger partial charge in [0.1, 0.15) is 0 Å². The summed E-state index contributed by atoms with van der Waals surface area (Å²) >= 11 is 0. The van der Waals surface area contributed by atoms with Crippen molar-refractivity contribution in [2.75, 3.05) is 0 Å². The van der Waals surface area contributed by atoms with E-state index in [0.717, 1.165) is 30.5 Å². The van der Waals surface area contributed by atoms with Crippen molar-refractivity contribution >= 4 is 0 Å². The topological polar surface area (TPSA) is 9.23 Å². The van der Waals surface area contributed by atoms with Crippen LogP contribution in [0.25, 0.3) is 11.1 Å². The fourth-order valence-electron chi connectivity index (χ4n) is 3.32. The molecule has 0 aliphatic rings. The highest BCUT2D eigenvalue weighted by Crippen LogP contribution is 2.28. The summed E-state index contributed by atoms with van der Waals surface area (Å²) < 4.78 is 71.5. The Hall–Kier alpha value is -2.89. The highest BCUT2D eigenvalue weighted by Gasteiger charge is 2.16. The van der Waals surface area contributed by atoms with Gasteiger partial charge in [-0.2, -0.15) is 8.78 Å². The third kappa shape index (κ3) is 5.17. The molecule has 3 rings (SSSR count). The van der Waals surface area contributed by atoms with Gasteiger partial charge in [-0.3, -0.25) is 0 Å². The van der Waals surface area contributed by atoms with Gasteiger partial charge < -0.3 is 4.74 Å². The molecule has 0 radical (unpaired) electrons. The second kappa shape index (κ2) is 9.74. The fraction of sp³-hybridized carbons (Fsp3) is 0.250. The van der Waals surface area contributed by atoms with Crippen molar-refractivity contribution in [1.82, 2.24) is 0 Å². The second-order valence-corrected chi connectivity index (χ2v) is 6.99. The number of hydrogen-bond acceptors (Lipinski definition) is 1. The molecule has 0 aliphatic heterocycles. The summed E-state index contributed by atoms with van der Waals surface area (Å²) in [6.45, 7) is -1.05. The molecule has 6 heteroatoms. The van der Waals surface area contributed by atoms with E-state index in [9.17, 15) is 22.0 Å². The summed E-state index contributed by atoms with van der Waals surface area (Å²) in [7, 11) is 0. The molecule has 0 heterocycles. The van der Waals surface area contributed by atoms with E-state index in [1.807, 2.05) is 12.1 Å². The van der Waals surface area contributed by atoms with Crippen molar-refractivity contribution in [3.8, 4) is 16.9 Å². The van der Waals surface area contributed by atoms with E-state index >= 15 is 0 Å². The highest BCUT2D eigenvalue weighted by molar-refractivity contribution is 5.65. The molecule has 30 heavy (non-hydrogen) atoms. The molecule has 0 saturated carbocycles. The quantitative estimate of drug-likeness (QED) is 0.353. The lowest BCUT2D eigenvalue weighted by atomic mass is 9.98. The van der Waals surface area contributed by atoms with E-state index in [1.54, 1.807) is 12.1 Å². The Morgan fingerprint density at radius 1 is 0.767 bits per heavy atom. The van der Waals surface area contributed by atoms with Gasteiger partial charge in [-0.1, -0.05) is 55.8 Å². The number of aryl methyl sites for hydroxylation is 3. The van der Waals surface area contributed by atoms with Crippen LogP contribution in [-0.4, -0.2) is 6.61 Å². The zero-order chi connectivity index (χ0) is 21.7. The molecule has 0 unspecified atom stereocenters. The highest BCUT2D eigenvalue weighted by atomic mass is 19.3. The predicted molar refractivity (Wildman–Crippen MR) is 106 cm³/mol. The Morgan fingerprint density at radius 2 is 1.47 bits per heavy atom. The summed E-state index contributed by atoms with van der Waals surface area (Å²) in [5.41, 5.74) is 2.53. The minimum Gasteiger partial charge on any atom is -0.432 e. The van der Waals surface area contributed by atoms with Crippen LogP contribution in [0.15, 0.2) is 54.6 Å². The van der Waals surface area contributed by atoms with E-state index in [2.05, 4.69) is 11.7 Å². The molecular weight excluding hydrogens is 399 g/mol. The molecule has 0 aliphatic carbocycles. The minimum absolute atomic E-state index is 0.132. The van der Waals surface area contributed by atoms with Crippen LogP contribution in [0.3, 0.4) is 0 Å². The van der Waals surface area contributed by atoms with Gasteiger partial charge in [-0.15, -0.1) is 0 Å². The van der Waals surface area contributed by atoms with Crippen molar-refractivity contribution < 1.29 is 26.7 Å². The van der Waals surface area contributed by atoms with Gasteiger partial charge in [0.25, 0.3) is 0 Å². The Kier molecular flexibility index (Phi) is 7.08. The summed E-state index contributed by atoms with van der Waals surface area (Å²) in [5, 5.41) is 0. The van der Waals surface area contributed by atoms with Crippen LogP contribution in [-0.2, 0) is 19.3 Å². The normalized spacial score (nSPS) is 11.2. The Balaban J connectivity index is 1.73. The number of benzene rings is 3. The fourth-order valence-corrected chi connectivity index (χ4v) is 3.32. The predicted octanol–water partition coefficient (Wildman–Crippen LogP) is 7.11. The van der Waals surface area contributed by atoms with E-state index in [-0.39, 0.29) is 24.0 Å². The zero-order valence-electron chi connectivity index (χ0n) is 16.4. The van der Waals surface area contributed by atoms with Crippen LogP contribution in [0.2, 0.25) is 0 Å². The van der Waals surface area contributed by atoms with Crippen LogP contribution >= 0.6 is 0 Å². The first-order valence-electron chi connectivity index (χ1n) is 9.68. The molecule has 0 spiro atoms. The monoisotopic (exact) mass is 420 g/mol. The summed E-state index contributed by atoms with van der Waals surface area (Å²) in [6, 6.07) is 14.0. The Bertz CT molecular complexity index is 999. The molecular formula is C24H21F5O. The van der Waals surface area contributed by atoms with Crippen molar-refractivity contribution in [3.63, 3.8) is 0 Å². The molecule has 158 valence electrons. The maximum absolute atomic E-state index is 14.6. The molecule has 0 atom stereocenters. The maximum atomic E-state index is 14.6. The third-order valence-electron chi connectivity index (χ3n) is 4.86. The van der Waals surface area contributed by atoms with Gasteiger partial charge in [0.05, 0.1) is 0 Å². The lowest BCUT2D eigenvalue weighted by Crippen LogP contribution is -2.04. The average Bonchev–Trinajstić information content (AvgIpc) is 2.72.